The lowest BCUT2D eigenvalue weighted by Crippen LogP contribution is -2.38. The van der Waals surface area contributed by atoms with Gasteiger partial charge >= 0.3 is 0 Å². The second-order valence-electron chi connectivity index (χ2n) is 8.72. The van der Waals surface area contributed by atoms with Crippen molar-refractivity contribution in [2.75, 3.05) is 18.4 Å². The van der Waals surface area contributed by atoms with E-state index in [9.17, 15) is 9.59 Å². The number of fused-ring (bicyclic) bond motifs is 1. The molecule has 0 radical (unpaired) electrons. The molecular formula is C26H26N4O2S. The summed E-state index contributed by atoms with van der Waals surface area (Å²) in [5, 5.41) is 4.88. The van der Waals surface area contributed by atoms with Crippen LogP contribution in [0.3, 0.4) is 0 Å². The summed E-state index contributed by atoms with van der Waals surface area (Å²) in [7, 11) is 0. The first-order valence-corrected chi connectivity index (χ1v) is 12.1. The average molecular weight is 459 g/mol. The molecule has 3 heterocycles. The molecular weight excluding hydrogens is 432 g/mol. The average Bonchev–Trinajstić information content (AvgIpc) is 3.41. The zero-order chi connectivity index (χ0) is 22.9. The Kier molecular flexibility index (Phi) is 5.72. The first-order chi connectivity index (χ1) is 16.0. The van der Waals surface area contributed by atoms with Gasteiger partial charge < -0.3 is 10.2 Å². The molecule has 0 spiro atoms. The summed E-state index contributed by atoms with van der Waals surface area (Å²) in [6, 6.07) is 15.2. The first kappa shape index (κ1) is 21.4. The molecule has 1 aliphatic rings. The topological polar surface area (TPSA) is 66.7 Å². The van der Waals surface area contributed by atoms with Crippen molar-refractivity contribution in [3.63, 3.8) is 0 Å². The van der Waals surface area contributed by atoms with Crippen molar-refractivity contribution in [2.45, 2.75) is 26.7 Å². The molecule has 2 aromatic carbocycles. The van der Waals surface area contributed by atoms with E-state index in [0.717, 1.165) is 47.7 Å². The number of rotatable bonds is 4. The van der Waals surface area contributed by atoms with Gasteiger partial charge in [-0.3, -0.25) is 14.0 Å². The lowest BCUT2D eigenvalue weighted by molar-refractivity contribution is 0.0690. The van der Waals surface area contributed by atoms with Crippen LogP contribution in [-0.4, -0.2) is 39.2 Å². The molecule has 0 aliphatic carbocycles. The summed E-state index contributed by atoms with van der Waals surface area (Å²) >= 11 is 1.47. The molecule has 33 heavy (non-hydrogen) atoms. The van der Waals surface area contributed by atoms with Crippen LogP contribution < -0.4 is 5.32 Å². The molecule has 168 valence electrons. The van der Waals surface area contributed by atoms with E-state index >= 15 is 0 Å². The highest BCUT2D eigenvalue weighted by Crippen LogP contribution is 2.27. The van der Waals surface area contributed by atoms with Crippen LogP contribution in [0, 0.1) is 12.8 Å². The van der Waals surface area contributed by atoms with Crippen LogP contribution >= 0.6 is 11.3 Å². The fourth-order valence-corrected chi connectivity index (χ4v) is 5.08. The Morgan fingerprint density at radius 1 is 1.09 bits per heavy atom. The van der Waals surface area contributed by atoms with Gasteiger partial charge in [0.25, 0.3) is 11.8 Å². The van der Waals surface area contributed by atoms with E-state index in [1.165, 1.54) is 11.3 Å². The number of aromatic nitrogens is 2. The molecule has 1 saturated heterocycles. The van der Waals surface area contributed by atoms with Crippen LogP contribution in [0.5, 0.6) is 0 Å². The molecule has 1 N–H and O–H groups in total. The molecule has 0 saturated carbocycles. The van der Waals surface area contributed by atoms with Crippen molar-refractivity contribution < 1.29 is 9.59 Å². The van der Waals surface area contributed by atoms with Crippen molar-refractivity contribution in [1.82, 2.24) is 14.3 Å². The molecule has 2 amide bonds. The maximum atomic E-state index is 13.1. The van der Waals surface area contributed by atoms with E-state index in [-0.39, 0.29) is 11.8 Å². The van der Waals surface area contributed by atoms with Gasteiger partial charge in [-0.25, -0.2) is 4.98 Å². The fourth-order valence-electron chi connectivity index (χ4n) is 4.23. The predicted molar refractivity (Wildman–Crippen MR) is 132 cm³/mol. The maximum Gasteiger partial charge on any atom is 0.271 e. The zero-order valence-electron chi connectivity index (χ0n) is 18.7. The highest BCUT2D eigenvalue weighted by molar-refractivity contribution is 7.15. The molecule has 1 aliphatic heterocycles. The summed E-state index contributed by atoms with van der Waals surface area (Å²) in [6.45, 7) is 5.78. The number of imidazole rings is 1. The smallest absolute Gasteiger partial charge is 0.271 e. The number of hydrogen-bond acceptors (Lipinski definition) is 4. The summed E-state index contributed by atoms with van der Waals surface area (Å²) in [6.07, 6.45) is 4.01. The molecule has 7 heteroatoms. The number of nitrogens with one attached hydrogen (secondary N) is 1. The SMILES string of the molecule is Cc1ccccc1C(=O)Nc1cccc(-c2cn3c(C(=O)N4CCC(C)CC4)csc3n2)c1. The Morgan fingerprint density at radius 2 is 1.88 bits per heavy atom. The van der Waals surface area contributed by atoms with Crippen LogP contribution in [0.4, 0.5) is 5.69 Å². The number of benzene rings is 2. The van der Waals surface area contributed by atoms with Crippen molar-refractivity contribution in [2.24, 2.45) is 5.92 Å². The van der Waals surface area contributed by atoms with Gasteiger partial charge in [0.15, 0.2) is 4.96 Å². The van der Waals surface area contributed by atoms with Gasteiger partial charge in [0.1, 0.15) is 5.69 Å². The predicted octanol–water partition coefficient (Wildman–Crippen LogP) is 5.50. The van der Waals surface area contributed by atoms with Crippen molar-refractivity contribution in [1.29, 1.82) is 0 Å². The number of aryl methyl sites for hydroxylation is 1. The van der Waals surface area contributed by atoms with E-state index in [0.29, 0.717) is 22.9 Å². The second kappa shape index (κ2) is 8.83. The van der Waals surface area contributed by atoms with Crippen LogP contribution in [0.15, 0.2) is 60.1 Å². The summed E-state index contributed by atoms with van der Waals surface area (Å²) in [5.41, 5.74) is 4.61. The third-order valence-corrected chi connectivity index (χ3v) is 7.14. The number of carbonyl (C=O) groups is 2. The van der Waals surface area contributed by atoms with Gasteiger partial charge in [0.2, 0.25) is 0 Å². The lowest BCUT2D eigenvalue weighted by atomic mass is 9.99. The minimum atomic E-state index is -0.139. The zero-order valence-corrected chi connectivity index (χ0v) is 19.6. The number of hydrogen-bond donors (Lipinski definition) is 1. The molecule has 2 aromatic heterocycles. The third kappa shape index (κ3) is 4.28. The van der Waals surface area contributed by atoms with Gasteiger partial charge in [-0.2, -0.15) is 0 Å². The summed E-state index contributed by atoms with van der Waals surface area (Å²) < 4.78 is 1.89. The number of likely N-dealkylation sites (tertiary alicyclic amines) is 1. The van der Waals surface area contributed by atoms with E-state index in [1.807, 2.05) is 76.3 Å². The number of nitrogens with zero attached hydrogens (tertiary/aromatic N) is 3. The van der Waals surface area contributed by atoms with E-state index in [4.69, 9.17) is 4.98 Å². The number of anilines is 1. The fraction of sp³-hybridized carbons (Fsp3) is 0.269. The number of amides is 2. The van der Waals surface area contributed by atoms with Crippen LogP contribution in [-0.2, 0) is 0 Å². The highest BCUT2D eigenvalue weighted by atomic mass is 32.1. The van der Waals surface area contributed by atoms with E-state index in [2.05, 4.69) is 12.2 Å². The van der Waals surface area contributed by atoms with Gasteiger partial charge in [-0.1, -0.05) is 37.3 Å². The molecule has 1 fully saturated rings. The quantitative estimate of drug-likeness (QED) is 0.439. The normalized spacial score (nSPS) is 14.5. The Balaban J connectivity index is 1.38. The van der Waals surface area contributed by atoms with E-state index in [1.54, 1.807) is 0 Å². The van der Waals surface area contributed by atoms with Crippen molar-refractivity contribution in [3.05, 3.63) is 76.9 Å². The molecule has 4 aromatic rings. The Bertz CT molecular complexity index is 1330. The monoisotopic (exact) mass is 458 g/mol. The van der Waals surface area contributed by atoms with Crippen molar-refractivity contribution >= 4 is 33.8 Å². The Morgan fingerprint density at radius 3 is 2.67 bits per heavy atom. The largest absolute Gasteiger partial charge is 0.337 e. The van der Waals surface area contributed by atoms with Crippen molar-refractivity contribution in [3.8, 4) is 11.3 Å². The molecule has 0 bridgehead atoms. The van der Waals surface area contributed by atoms with Crippen LogP contribution in [0.2, 0.25) is 0 Å². The highest BCUT2D eigenvalue weighted by Gasteiger charge is 2.24. The summed E-state index contributed by atoms with van der Waals surface area (Å²) in [4.78, 5) is 33.3. The Labute approximate surface area is 196 Å². The van der Waals surface area contributed by atoms with Gasteiger partial charge in [-0.05, 0) is 49.4 Å². The number of thiazole rings is 1. The summed E-state index contributed by atoms with van der Waals surface area (Å²) in [5.74, 6) is 0.603. The molecule has 6 nitrogen and oxygen atoms in total. The maximum absolute atomic E-state index is 13.1. The van der Waals surface area contributed by atoms with E-state index < -0.39 is 0 Å². The number of carbonyl (C=O) groups excluding carboxylic acids is 2. The first-order valence-electron chi connectivity index (χ1n) is 11.2. The molecule has 0 unspecified atom stereocenters. The Hall–Kier alpha value is -3.45. The molecule has 0 atom stereocenters. The van der Waals surface area contributed by atoms with Gasteiger partial charge in [0, 0.05) is 41.5 Å². The van der Waals surface area contributed by atoms with Gasteiger partial charge in [0.05, 0.1) is 5.69 Å². The van der Waals surface area contributed by atoms with Crippen LogP contribution in [0.1, 0.15) is 46.2 Å². The minimum absolute atomic E-state index is 0.0661. The van der Waals surface area contributed by atoms with Crippen LogP contribution in [0.25, 0.3) is 16.2 Å². The standard InChI is InChI=1S/C26H26N4O2S/c1-17-10-12-29(13-11-17)25(32)23-16-33-26-28-22(15-30(23)26)19-7-5-8-20(14-19)27-24(31)21-9-4-3-6-18(21)2/h3-9,14-17H,10-13H2,1-2H3,(H,27,31). The van der Waals surface area contributed by atoms with Gasteiger partial charge in [-0.15, -0.1) is 11.3 Å². The second-order valence-corrected chi connectivity index (χ2v) is 9.56. The third-order valence-electron chi connectivity index (χ3n) is 6.30. The minimum Gasteiger partial charge on any atom is -0.337 e. The number of piperidine rings is 1. The lowest BCUT2D eigenvalue weighted by Gasteiger charge is -2.30. The molecule has 5 rings (SSSR count).